The molecule has 0 aromatic carbocycles. The van der Waals surface area contributed by atoms with Gasteiger partial charge in [0, 0.05) is 12.0 Å². The summed E-state index contributed by atoms with van der Waals surface area (Å²) in [5.41, 5.74) is 0. The molecule has 0 bridgehead atoms. The highest BCUT2D eigenvalue weighted by molar-refractivity contribution is 5.83. The van der Waals surface area contributed by atoms with Gasteiger partial charge in [0.15, 0.2) is 0 Å². The zero-order valence-corrected chi connectivity index (χ0v) is 11.5. The number of hydrogen-bond acceptors (Lipinski definition) is 2. The van der Waals surface area contributed by atoms with Crippen LogP contribution in [0, 0.1) is 11.8 Å². The molecule has 2 heteroatoms. The third kappa shape index (κ3) is 3.54. The highest BCUT2D eigenvalue weighted by Crippen LogP contribution is 2.26. The van der Waals surface area contributed by atoms with E-state index in [4.69, 9.17) is 0 Å². The molecule has 98 valence electrons. The Balaban J connectivity index is 1.81. The Bertz CT molecular complexity index is 258. The first-order chi connectivity index (χ1) is 8.16. The lowest BCUT2D eigenvalue weighted by Gasteiger charge is -2.37. The van der Waals surface area contributed by atoms with Gasteiger partial charge in [-0.1, -0.05) is 26.2 Å². The molecule has 0 aromatic heterocycles. The molecule has 2 nitrogen and oxygen atoms in total. The molecule has 1 saturated carbocycles. The first-order valence-corrected chi connectivity index (χ1v) is 7.43. The first-order valence-electron chi connectivity index (χ1n) is 7.43. The minimum absolute atomic E-state index is 0.385. The van der Waals surface area contributed by atoms with E-state index < -0.39 is 0 Å². The highest BCUT2D eigenvalue weighted by atomic mass is 16.1. The molecule has 2 rings (SSSR count). The quantitative estimate of drug-likeness (QED) is 0.751. The summed E-state index contributed by atoms with van der Waals surface area (Å²) in [6.07, 6.45) is 8.70. The van der Waals surface area contributed by atoms with E-state index in [0.717, 1.165) is 31.8 Å². The second-order valence-corrected chi connectivity index (χ2v) is 6.25. The molecule has 1 heterocycles. The van der Waals surface area contributed by atoms with Gasteiger partial charge in [-0.25, -0.2) is 0 Å². The van der Waals surface area contributed by atoms with Crippen molar-refractivity contribution in [1.82, 2.24) is 4.90 Å². The van der Waals surface area contributed by atoms with Gasteiger partial charge >= 0.3 is 0 Å². The van der Waals surface area contributed by atoms with Crippen LogP contribution in [0.3, 0.4) is 0 Å². The Morgan fingerprint density at radius 3 is 2.47 bits per heavy atom. The maximum absolute atomic E-state index is 12.3. The average molecular weight is 237 g/mol. The van der Waals surface area contributed by atoms with Gasteiger partial charge in [-0.2, -0.15) is 0 Å². The van der Waals surface area contributed by atoms with Crippen molar-refractivity contribution in [3.63, 3.8) is 0 Å². The second kappa shape index (κ2) is 5.99. The summed E-state index contributed by atoms with van der Waals surface area (Å²) >= 11 is 0. The van der Waals surface area contributed by atoms with Gasteiger partial charge in [0.1, 0.15) is 5.78 Å². The summed E-state index contributed by atoms with van der Waals surface area (Å²) < 4.78 is 0. The third-order valence-electron chi connectivity index (χ3n) is 4.70. The molecule has 2 aliphatic rings. The number of piperidine rings is 1. The van der Waals surface area contributed by atoms with Crippen molar-refractivity contribution in [3.05, 3.63) is 0 Å². The zero-order chi connectivity index (χ0) is 12.3. The Morgan fingerprint density at radius 2 is 1.82 bits per heavy atom. The zero-order valence-electron chi connectivity index (χ0n) is 11.5. The number of nitrogens with zero attached hydrogens (tertiary/aromatic N) is 1. The fraction of sp³-hybridized carbons (Fsp3) is 0.933. The lowest BCUT2D eigenvalue weighted by molar-refractivity contribution is -0.126. The molecule has 17 heavy (non-hydrogen) atoms. The van der Waals surface area contributed by atoms with Gasteiger partial charge in [-0.05, 0) is 45.1 Å². The Morgan fingerprint density at radius 1 is 1.12 bits per heavy atom. The van der Waals surface area contributed by atoms with Crippen LogP contribution < -0.4 is 0 Å². The van der Waals surface area contributed by atoms with Crippen molar-refractivity contribution >= 4 is 5.78 Å². The van der Waals surface area contributed by atoms with Crippen molar-refractivity contribution in [2.24, 2.45) is 11.8 Å². The number of likely N-dealkylation sites (tertiary alicyclic amines) is 1. The monoisotopic (exact) mass is 237 g/mol. The molecule has 0 aromatic rings. The van der Waals surface area contributed by atoms with Crippen LogP contribution in [0.2, 0.25) is 0 Å². The van der Waals surface area contributed by atoms with Crippen LogP contribution in [0.25, 0.3) is 0 Å². The molecular weight excluding hydrogens is 210 g/mol. The fourth-order valence-electron chi connectivity index (χ4n) is 3.44. The van der Waals surface area contributed by atoms with Gasteiger partial charge in [-0.15, -0.1) is 0 Å². The van der Waals surface area contributed by atoms with E-state index in [1.807, 2.05) is 0 Å². The Labute approximate surface area is 106 Å². The van der Waals surface area contributed by atoms with Crippen molar-refractivity contribution < 1.29 is 4.79 Å². The second-order valence-electron chi connectivity index (χ2n) is 6.25. The molecule has 1 saturated heterocycles. The lowest BCUT2D eigenvalue weighted by atomic mass is 9.85. The molecule has 1 aliphatic carbocycles. The van der Waals surface area contributed by atoms with Crippen LogP contribution in [0.5, 0.6) is 0 Å². The van der Waals surface area contributed by atoms with E-state index in [9.17, 15) is 4.79 Å². The molecule has 0 radical (unpaired) electrons. The van der Waals surface area contributed by atoms with E-state index in [-0.39, 0.29) is 0 Å². The van der Waals surface area contributed by atoms with E-state index in [0.29, 0.717) is 17.7 Å². The molecule has 2 fully saturated rings. The summed E-state index contributed by atoms with van der Waals surface area (Å²) in [7, 11) is 0. The molecule has 0 amide bonds. The van der Waals surface area contributed by atoms with Gasteiger partial charge in [0.2, 0.25) is 0 Å². The smallest absolute Gasteiger partial charge is 0.149 e. The maximum Gasteiger partial charge on any atom is 0.149 e. The van der Waals surface area contributed by atoms with Crippen LogP contribution in [0.1, 0.15) is 58.8 Å². The van der Waals surface area contributed by atoms with Crippen molar-refractivity contribution in [2.75, 3.05) is 13.1 Å². The first kappa shape index (κ1) is 13.1. The van der Waals surface area contributed by atoms with Crippen LogP contribution in [-0.4, -0.2) is 29.8 Å². The average Bonchev–Trinajstić information content (AvgIpc) is 2.34. The minimum Gasteiger partial charge on any atom is -0.298 e. The third-order valence-corrected chi connectivity index (χ3v) is 4.70. The summed E-state index contributed by atoms with van der Waals surface area (Å²) in [5, 5.41) is 0. The minimum atomic E-state index is 0.385. The SMILES string of the molecule is CC1CCN(CC(=O)C2CCCCC2)C(C)C1. The molecule has 1 aliphatic heterocycles. The predicted molar refractivity (Wildman–Crippen MR) is 71.0 cm³/mol. The number of Topliss-reactive ketones (excluding diaryl/α,β-unsaturated/α-hetero) is 1. The van der Waals surface area contributed by atoms with Crippen molar-refractivity contribution in [2.45, 2.75) is 64.8 Å². The summed E-state index contributed by atoms with van der Waals surface area (Å²) in [4.78, 5) is 14.7. The normalized spacial score (nSPS) is 32.6. The van der Waals surface area contributed by atoms with E-state index in [2.05, 4.69) is 18.7 Å². The standard InChI is InChI=1S/C15H27NO/c1-12-8-9-16(13(2)10-12)11-15(17)14-6-4-3-5-7-14/h12-14H,3-11H2,1-2H3. The summed E-state index contributed by atoms with van der Waals surface area (Å²) in [6.45, 7) is 6.46. The summed E-state index contributed by atoms with van der Waals surface area (Å²) in [6, 6.07) is 0.603. The molecule has 2 unspecified atom stereocenters. The van der Waals surface area contributed by atoms with Gasteiger partial charge < -0.3 is 0 Å². The fourth-order valence-corrected chi connectivity index (χ4v) is 3.44. The largest absolute Gasteiger partial charge is 0.298 e. The van der Waals surface area contributed by atoms with Crippen LogP contribution >= 0.6 is 0 Å². The van der Waals surface area contributed by atoms with Crippen molar-refractivity contribution in [1.29, 1.82) is 0 Å². The Kier molecular flexibility index (Phi) is 4.61. The summed E-state index contributed by atoms with van der Waals surface area (Å²) in [5.74, 6) is 1.74. The number of ketones is 1. The molecule has 0 spiro atoms. The van der Waals surface area contributed by atoms with Gasteiger partial charge in [-0.3, -0.25) is 9.69 Å². The van der Waals surface area contributed by atoms with Gasteiger partial charge in [0.05, 0.1) is 6.54 Å². The number of rotatable bonds is 3. The highest BCUT2D eigenvalue weighted by Gasteiger charge is 2.27. The van der Waals surface area contributed by atoms with Crippen LogP contribution in [-0.2, 0) is 4.79 Å². The number of carbonyl (C=O) groups excluding carboxylic acids is 1. The van der Waals surface area contributed by atoms with E-state index in [1.54, 1.807) is 0 Å². The maximum atomic E-state index is 12.3. The van der Waals surface area contributed by atoms with Crippen LogP contribution in [0.4, 0.5) is 0 Å². The number of hydrogen-bond donors (Lipinski definition) is 0. The topological polar surface area (TPSA) is 20.3 Å². The molecule has 2 atom stereocenters. The van der Waals surface area contributed by atoms with Crippen molar-refractivity contribution in [3.8, 4) is 0 Å². The lowest BCUT2D eigenvalue weighted by Crippen LogP contribution is -2.44. The van der Waals surface area contributed by atoms with Gasteiger partial charge in [0.25, 0.3) is 0 Å². The predicted octanol–water partition coefficient (Wildman–Crippen LogP) is 3.26. The van der Waals surface area contributed by atoms with E-state index in [1.165, 1.54) is 32.1 Å². The Hall–Kier alpha value is -0.370. The molecule has 0 N–H and O–H groups in total. The van der Waals surface area contributed by atoms with E-state index >= 15 is 0 Å². The number of carbonyl (C=O) groups is 1. The van der Waals surface area contributed by atoms with Crippen LogP contribution in [0.15, 0.2) is 0 Å². The molecular formula is C15H27NO.